The van der Waals surface area contributed by atoms with Crippen molar-refractivity contribution in [2.24, 2.45) is 11.8 Å². The zero-order chi connectivity index (χ0) is 40.8. The average Bonchev–Trinajstić information content (AvgIpc) is 3.57. The lowest BCUT2D eigenvalue weighted by atomic mass is 9.95. The minimum Gasteiger partial charge on any atom is -0.467 e. The molecule has 0 bridgehead atoms. The summed E-state index contributed by atoms with van der Waals surface area (Å²) in [6.07, 6.45) is 0.507. The molecule has 53 heavy (non-hydrogen) atoms. The molecule has 15 heteroatoms. The number of nitrogens with one attached hydrogen (secondary N) is 1. The van der Waals surface area contributed by atoms with Crippen LogP contribution in [0.4, 0.5) is 0 Å². The predicted octanol–water partition coefficient (Wildman–Crippen LogP) is 4.55. The maximum atomic E-state index is 13.4. The van der Waals surface area contributed by atoms with Crippen molar-refractivity contribution in [3.8, 4) is 0 Å². The highest BCUT2D eigenvalue weighted by atomic mass is 28.4. The van der Waals surface area contributed by atoms with Gasteiger partial charge in [0.15, 0.2) is 16.6 Å². The molecule has 4 rings (SSSR count). The van der Waals surface area contributed by atoms with Crippen molar-refractivity contribution >= 4 is 46.3 Å². The first kappa shape index (κ1) is 45.1. The lowest BCUT2D eigenvalue weighted by Gasteiger charge is -2.47. The molecule has 4 fully saturated rings. The van der Waals surface area contributed by atoms with E-state index >= 15 is 0 Å². The molecule has 4 aliphatic heterocycles. The van der Waals surface area contributed by atoms with Crippen molar-refractivity contribution in [3.05, 3.63) is 0 Å². The quantitative estimate of drug-likeness (QED) is 0.275. The summed E-state index contributed by atoms with van der Waals surface area (Å²) in [5.41, 5.74) is 0. The van der Waals surface area contributed by atoms with Gasteiger partial charge < -0.3 is 38.3 Å². The average molecular weight is 783 g/mol. The van der Waals surface area contributed by atoms with Crippen LogP contribution in [0.5, 0.6) is 0 Å². The number of carbonyl (C=O) groups is 5. The fourth-order valence-electron chi connectivity index (χ4n) is 7.51. The first-order valence-corrected chi connectivity index (χ1v) is 25.1. The van der Waals surface area contributed by atoms with Gasteiger partial charge in [0.05, 0.1) is 44.6 Å². The molecule has 0 radical (unpaired) electrons. The van der Waals surface area contributed by atoms with Crippen LogP contribution in [0.2, 0.25) is 36.3 Å². The number of hydrogen-bond donors (Lipinski definition) is 1. The summed E-state index contributed by atoms with van der Waals surface area (Å²) in [5.74, 6) is -0.953. The third-order valence-corrected chi connectivity index (χ3v) is 21.6. The van der Waals surface area contributed by atoms with Crippen LogP contribution < -0.4 is 5.32 Å². The van der Waals surface area contributed by atoms with E-state index in [1.165, 1.54) is 21.1 Å². The van der Waals surface area contributed by atoms with E-state index < -0.39 is 40.7 Å². The fourth-order valence-corrected chi connectivity index (χ4v) is 10.2. The number of esters is 2. The summed E-state index contributed by atoms with van der Waals surface area (Å²) in [5, 5.41) is 3.44. The van der Waals surface area contributed by atoms with Gasteiger partial charge in [-0.15, -0.1) is 0 Å². The Bertz CT molecular complexity index is 1380. The van der Waals surface area contributed by atoms with E-state index in [2.05, 4.69) is 73.0 Å². The number of fused-ring (bicyclic) bond motifs is 2. The van der Waals surface area contributed by atoms with E-state index in [1.54, 1.807) is 14.7 Å². The van der Waals surface area contributed by atoms with Gasteiger partial charge in [0, 0.05) is 32.9 Å². The van der Waals surface area contributed by atoms with Crippen molar-refractivity contribution < 1.29 is 42.3 Å². The van der Waals surface area contributed by atoms with E-state index in [9.17, 15) is 24.0 Å². The number of carbonyl (C=O) groups excluding carboxylic acids is 5. The molecular weight excluding hydrogens is 713 g/mol. The summed E-state index contributed by atoms with van der Waals surface area (Å²) in [7, 11) is -1.40. The molecule has 3 amide bonds. The van der Waals surface area contributed by atoms with Crippen LogP contribution in [0.3, 0.4) is 0 Å². The molecule has 0 aliphatic carbocycles. The molecular formula is C38H70N4O9Si2. The SMILES string of the molecule is COC(=O)[C@@H]1C[C@@H](O[Si](C)(C)C(C)(C)C)[C@H]2CN(C(C)=O)[C@H](C(C)C)C(=O)N21.COC(=O)[C@@H]1C[C@@H](O[Si](C)(C)C(C)(C)C)[C@H]2CN[C@H](C(C)C)C(=O)N21. The van der Waals surface area contributed by atoms with Crippen LogP contribution in [-0.2, 0) is 42.3 Å². The molecule has 8 atom stereocenters. The number of rotatable bonds is 8. The molecule has 13 nitrogen and oxygen atoms in total. The third kappa shape index (κ3) is 9.21. The summed E-state index contributed by atoms with van der Waals surface area (Å²) >= 11 is 0. The highest BCUT2D eigenvalue weighted by Gasteiger charge is 2.57. The van der Waals surface area contributed by atoms with Gasteiger partial charge in [0.25, 0.3) is 0 Å². The number of nitrogens with zero attached hydrogens (tertiary/aromatic N) is 3. The molecule has 0 aromatic carbocycles. The maximum absolute atomic E-state index is 13.4. The maximum Gasteiger partial charge on any atom is 0.328 e. The second-order valence-corrected chi connectivity index (χ2v) is 28.5. The molecule has 4 aliphatic rings. The van der Waals surface area contributed by atoms with Crippen molar-refractivity contribution in [2.75, 3.05) is 27.3 Å². The van der Waals surface area contributed by atoms with Gasteiger partial charge in [-0.3, -0.25) is 14.4 Å². The van der Waals surface area contributed by atoms with Crippen molar-refractivity contribution in [1.29, 1.82) is 0 Å². The first-order valence-electron chi connectivity index (χ1n) is 19.3. The molecule has 304 valence electrons. The second-order valence-electron chi connectivity index (χ2n) is 19.0. The minimum absolute atomic E-state index is 0.000584. The molecule has 1 N–H and O–H groups in total. The van der Waals surface area contributed by atoms with Crippen LogP contribution in [0.15, 0.2) is 0 Å². The number of methoxy groups -OCH3 is 2. The Morgan fingerprint density at radius 3 is 1.49 bits per heavy atom. The molecule has 0 spiro atoms. The zero-order valence-corrected chi connectivity index (χ0v) is 37.6. The molecule has 0 aromatic rings. The second kappa shape index (κ2) is 16.4. The Morgan fingerprint density at radius 1 is 0.717 bits per heavy atom. The molecule has 0 aromatic heterocycles. The Hall–Kier alpha value is -2.34. The van der Waals surface area contributed by atoms with E-state index in [1.807, 2.05) is 27.7 Å². The fraction of sp³-hybridized carbons (Fsp3) is 0.868. The number of hydrogen-bond acceptors (Lipinski definition) is 10. The topological polar surface area (TPSA) is 144 Å². The van der Waals surface area contributed by atoms with E-state index in [0.29, 0.717) is 25.9 Å². The van der Waals surface area contributed by atoms with Crippen LogP contribution in [0, 0.1) is 11.8 Å². The van der Waals surface area contributed by atoms with Gasteiger partial charge in [-0.05, 0) is 48.1 Å². The minimum atomic E-state index is -2.12. The van der Waals surface area contributed by atoms with E-state index in [-0.39, 0.29) is 75.9 Å². The Kier molecular flexibility index (Phi) is 13.9. The molecule has 4 heterocycles. The van der Waals surface area contributed by atoms with E-state index in [4.69, 9.17) is 18.3 Å². The van der Waals surface area contributed by atoms with Gasteiger partial charge in [-0.2, -0.15) is 0 Å². The zero-order valence-electron chi connectivity index (χ0n) is 35.6. The van der Waals surface area contributed by atoms with Crippen LogP contribution in [0.1, 0.15) is 89.0 Å². The largest absolute Gasteiger partial charge is 0.467 e. The molecule has 0 saturated carbocycles. The molecule has 4 saturated heterocycles. The lowest BCUT2D eigenvalue weighted by molar-refractivity contribution is -0.163. The van der Waals surface area contributed by atoms with Crippen molar-refractivity contribution in [2.45, 2.75) is 174 Å². The van der Waals surface area contributed by atoms with Crippen molar-refractivity contribution in [3.63, 3.8) is 0 Å². The van der Waals surface area contributed by atoms with Gasteiger partial charge in [0.2, 0.25) is 17.7 Å². The smallest absolute Gasteiger partial charge is 0.328 e. The highest BCUT2D eigenvalue weighted by Crippen LogP contribution is 2.43. The van der Waals surface area contributed by atoms with Gasteiger partial charge >= 0.3 is 11.9 Å². The predicted molar refractivity (Wildman–Crippen MR) is 209 cm³/mol. The van der Waals surface area contributed by atoms with Gasteiger partial charge in [-0.1, -0.05) is 69.2 Å². The van der Waals surface area contributed by atoms with E-state index in [0.717, 1.165) is 0 Å². The Morgan fingerprint density at radius 2 is 1.13 bits per heavy atom. The number of piperazine rings is 2. The van der Waals surface area contributed by atoms with Gasteiger partial charge in [0.1, 0.15) is 18.1 Å². The lowest BCUT2D eigenvalue weighted by Crippen LogP contribution is -2.66. The Labute approximate surface area is 320 Å². The van der Waals surface area contributed by atoms with Crippen LogP contribution in [0.25, 0.3) is 0 Å². The monoisotopic (exact) mass is 782 g/mol. The standard InChI is InChI=1S/C20H36N2O5Si.C18H34N2O4Si/c1-12(2)17-18(24)22-14(19(25)26-7)10-16(15(22)11-21(17)13(3)23)27-28(8,9)20(4,5)6;1-11(2)15-16(21)20-12(17(22)23-6)9-14(13(20)10-19-15)24-25(7,8)18(3,4)5/h12,14-17H,10-11H2,1-9H3;11-15,19H,9-10H2,1-8H3/t14-,15+,16+,17+;12-,13+,14+,15+/m00/s1. The summed E-state index contributed by atoms with van der Waals surface area (Å²) in [6, 6.07) is -2.46. The van der Waals surface area contributed by atoms with Gasteiger partial charge in [-0.25, -0.2) is 9.59 Å². The highest BCUT2D eigenvalue weighted by molar-refractivity contribution is 6.74. The Balaban J connectivity index is 0.000000287. The van der Waals surface area contributed by atoms with Crippen LogP contribution >= 0.6 is 0 Å². The summed E-state index contributed by atoms with van der Waals surface area (Å²) in [4.78, 5) is 68.5. The third-order valence-electron chi connectivity index (χ3n) is 12.6. The summed E-state index contributed by atoms with van der Waals surface area (Å²) < 4.78 is 23.2. The van der Waals surface area contributed by atoms with Crippen LogP contribution in [-0.4, -0.2) is 137 Å². The number of ether oxygens (including phenoxy) is 2. The first-order chi connectivity index (χ1) is 24.1. The van der Waals surface area contributed by atoms with Crippen molar-refractivity contribution in [1.82, 2.24) is 20.0 Å². The summed E-state index contributed by atoms with van der Waals surface area (Å²) in [6.45, 7) is 32.2. The molecule has 0 unspecified atom stereocenters. The number of amides is 3. The normalized spacial score (nSPS) is 29.5.